The molecule has 0 bridgehead atoms. The zero-order valence-corrected chi connectivity index (χ0v) is 42.8. The van der Waals surface area contributed by atoms with E-state index in [0.717, 1.165) is 89.9 Å². The van der Waals surface area contributed by atoms with Crippen LogP contribution in [-0.2, 0) is 28.6 Å². The number of hydrogen-bond acceptors (Lipinski definition) is 6. The molecule has 0 radical (unpaired) electrons. The van der Waals surface area contributed by atoms with Crippen LogP contribution >= 0.6 is 0 Å². The van der Waals surface area contributed by atoms with Crippen molar-refractivity contribution >= 4 is 17.9 Å². The Balaban J connectivity index is 4.28. The van der Waals surface area contributed by atoms with Gasteiger partial charge in [-0.15, -0.1) is 0 Å². The van der Waals surface area contributed by atoms with Crippen molar-refractivity contribution in [2.45, 2.75) is 303 Å². The summed E-state index contributed by atoms with van der Waals surface area (Å²) in [5.41, 5.74) is 0. The molecule has 64 heavy (non-hydrogen) atoms. The quantitative estimate of drug-likeness (QED) is 0.0262. The van der Waals surface area contributed by atoms with E-state index in [-0.39, 0.29) is 31.1 Å². The van der Waals surface area contributed by atoms with Crippen LogP contribution in [0, 0.1) is 0 Å². The van der Waals surface area contributed by atoms with Crippen LogP contribution in [0.15, 0.2) is 36.5 Å². The van der Waals surface area contributed by atoms with Crippen molar-refractivity contribution in [3.8, 4) is 0 Å². The molecule has 0 saturated heterocycles. The minimum Gasteiger partial charge on any atom is -0.462 e. The second kappa shape index (κ2) is 53.2. The minimum atomic E-state index is -0.776. The first-order valence-electron chi connectivity index (χ1n) is 28.0. The van der Waals surface area contributed by atoms with Gasteiger partial charge in [0.1, 0.15) is 13.2 Å². The maximum atomic E-state index is 12.8. The highest BCUT2D eigenvalue weighted by Crippen LogP contribution is 2.16. The zero-order chi connectivity index (χ0) is 46.5. The third kappa shape index (κ3) is 50.6. The molecule has 1 unspecified atom stereocenters. The van der Waals surface area contributed by atoms with Gasteiger partial charge in [-0.05, 0) is 70.6 Å². The summed E-state index contributed by atoms with van der Waals surface area (Å²) in [5.74, 6) is -0.879. The Hall–Kier alpha value is -2.37. The Kier molecular flexibility index (Phi) is 51.3. The van der Waals surface area contributed by atoms with Crippen LogP contribution in [0.2, 0.25) is 0 Å². The lowest BCUT2D eigenvalue weighted by Crippen LogP contribution is -2.30. The Morgan fingerprint density at radius 1 is 0.312 bits per heavy atom. The van der Waals surface area contributed by atoms with Crippen molar-refractivity contribution in [3.05, 3.63) is 36.5 Å². The van der Waals surface area contributed by atoms with E-state index in [1.165, 1.54) is 167 Å². The number of carbonyl (C=O) groups is 3. The molecule has 0 amide bonds. The Bertz CT molecular complexity index is 1080. The second-order valence-corrected chi connectivity index (χ2v) is 18.8. The average Bonchev–Trinajstić information content (AvgIpc) is 3.29. The number of esters is 3. The fraction of sp³-hybridized carbons (Fsp3) is 0.845. The summed E-state index contributed by atoms with van der Waals surface area (Å²) in [5, 5.41) is 0. The zero-order valence-electron chi connectivity index (χ0n) is 42.8. The number of ether oxygens (including phenoxy) is 3. The fourth-order valence-corrected chi connectivity index (χ4v) is 8.12. The van der Waals surface area contributed by atoms with Crippen molar-refractivity contribution in [2.24, 2.45) is 0 Å². The van der Waals surface area contributed by atoms with Gasteiger partial charge in [-0.1, -0.05) is 243 Å². The summed E-state index contributed by atoms with van der Waals surface area (Å²) >= 11 is 0. The standard InChI is InChI=1S/C58H106O6/c1-4-7-10-13-16-19-22-25-26-27-28-29-30-31-32-34-36-39-42-45-48-51-57(60)63-54-55(53-62-56(59)50-47-44-41-38-35-24-21-18-15-12-9-6-3)64-58(61)52-49-46-43-40-37-33-23-20-17-14-11-8-5-2/h11,14,20,23,27-28,55H,4-10,12-13,15-19,21-22,24-26,29-54H2,1-3H3/b14-11-,23-20-,28-27-. The fourth-order valence-electron chi connectivity index (χ4n) is 8.12. The topological polar surface area (TPSA) is 78.9 Å². The molecule has 6 nitrogen and oxygen atoms in total. The Labute approximate surface area is 397 Å². The normalized spacial score (nSPS) is 12.2. The average molecular weight is 899 g/mol. The van der Waals surface area contributed by atoms with Gasteiger partial charge in [0, 0.05) is 19.3 Å². The highest BCUT2D eigenvalue weighted by Gasteiger charge is 2.19. The number of hydrogen-bond donors (Lipinski definition) is 0. The van der Waals surface area contributed by atoms with Gasteiger partial charge in [0.25, 0.3) is 0 Å². The predicted octanol–water partition coefficient (Wildman–Crippen LogP) is 18.5. The van der Waals surface area contributed by atoms with Gasteiger partial charge in [0.05, 0.1) is 0 Å². The van der Waals surface area contributed by atoms with Crippen LogP contribution in [-0.4, -0.2) is 37.2 Å². The van der Waals surface area contributed by atoms with Crippen molar-refractivity contribution < 1.29 is 28.6 Å². The molecule has 374 valence electrons. The van der Waals surface area contributed by atoms with Gasteiger partial charge in [-0.25, -0.2) is 0 Å². The third-order valence-electron chi connectivity index (χ3n) is 12.3. The molecule has 0 rings (SSSR count). The lowest BCUT2D eigenvalue weighted by Gasteiger charge is -2.18. The van der Waals surface area contributed by atoms with Crippen LogP contribution in [0.1, 0.15) is 297 Å². The number of rotatable bonds is 51. The van der Waals surface area contributed by atoms with E-state index in [1.54, 1.807) is 0 Å². The van der Waals surface area contributed by atoms with E-state index in [2.05, 4.69) is 57.2 Å². The van der Waals surface area contributed by atoms with Gasteiger partial charge < -0.3 is 14.2 Å². The molecule has 0 aliphatic rings. The van der Waals surface area contributed by atoms with E-state index in [9.17, 15) is 14.4 Å². The molecule has 0 N–H and O–H groups in total. The molecule has 0 saturated carbocycles. The molecule has 0 aliphatic heterocycles. The molecule has 0 aromatic carbocycles. The van der Waals surface area contributed by atoms with Gasteiger partial charge in [-0.3, -0.25) is 14.4 Å². The van der Waals surface area contributed by atoms with Crippen LogP contribution in [0.4, 0.5) is 0 Å². The van der Waals surface area contributed by atoms with Crippen molar-refractivity contribution in [1.82, 2.24) is 0 Å². The smallest absolute Gasteiger partial charge is 0.306 e. The minimum absolute atomic E-state index is 0.0753. The maximum Gasteiger partial charge on any atom is 0.306 e. The van der Waals surface area contributed by atoms with Crippen molar-refractivity contribution in [1.29, 1.82) is 0 Å². The molecule has 0 aromatic rings. The first-order chi connectivity index (χ1) is 31.5. The summed E-state index contributed by atoms with van der Waals surface area (Å²) in [6, 6.07) is 0. The van der Waals surface area contributed by atoms with E-state index in [1.807, 2.05) is 0 Å². The molecule has 0 aliphatic carbocycles. The number of carbonyl (C=O) groups excluding carboxylic acids is 3. The van der Waals surface area contributed by atoms with E-state index in [4.69, 9.17) is 14.2 Å². The predicted molar refractivity (Wildman–Crippen MR) is 275 cm³/mol. The monoisotopic (exact) mass is 899 g/mol. The second-order valence-electron chi connectivity index (χ2n) is 18.8. The lowest BCUT2D eigenvalue weighted by molar-refractivity contribution is -0.167. The lowest BCUT2D eigenvalue weighted by atomic mass is 10.0. The van der Waals surface area contributed by atoms with Crippen molar-refractivity contribution in [2.75, 3.05) is 13.2 Å². The Morgan fingerprint density at radius 3 is 0.938 bits per heavy atom. The van der Waals surface area contributed by atoms with Gasteiger partial charge >= 0.3 is 17.9 Å². The summed E-state index contributed by atoms with van der Waals surface area (Å²) in [6.45, 7) is 6.59. The third-order valence-corrected chi connectivity index (χ3v) is 12.3. The molecule has 6 heteroatoms. The van der Waals surface area contributed by atoms with Gasteiger partial charge in [0.15, 0.2) is 6.10 Å². The van der Waals surface area contributed by atoms with Crippen molar-refractivity contribution in [3.63, 3.8) is 0 Å². The van der Waals surface area contributed by atoms with Gasteiger partial charge in [-0.2, -0.15) is 0 Å². The van der Waals surface area contributed by atoms with Crippen LogP contribution in [0.25, 0.3) is 0 Å². The molecule has 0 spiro atoms. The maximum absolute atomic E-state index is 12.8. The summed E-state index contributed by atoms with van der Waals surface area (Å²) < 4.78 is 16.8. The van der Waals surface area contributed by atoms with Crippen LogP contribution in [0.3, 0.4) is 0 Å². The first-order valence-corrected chi connectivity index (χ1v) is 28.0. The largest absolute Gasteiger partial charge is 0.462 e. The molecule has 0 fully saturated rings. The summed E-state index contributed by atoms with van der Waals surface area (Å²) in [6.07, 6.45) is 62.8. The molecule has 1 atom stereocenters. The van der Waals surface area contributed by atoms with E-state index >= 15 is 0 Å². The first kappa shape index (κ1) is 61.6. The number of unbranched alkanes of at least 4 members (excludes halogenated alkanes) is 34. The number of allylic oxidation sites excluding steroid dienone is 6. The highest BCUT2D eigenvalue weighted by molar-refractivity contribution is 5.71. The van der Waals surface area contributed by atoms with E-state index in [0.29, 0.717) is 19.3 Å². The molecular weight excluding hydrogens is 793 g/mol. The van der Waals surface area contributed by atoms with Crippen LogP contribution in [0.5, 0.6) is 0 Å². The highest BCUT2D eigenvalue weighted by atomic mass is 16.6. The Morgan fingerprint density at radius 2 is 0.594 bits per heavy atom. The molecule has 0 aromatic heterocycles. The summed E-state index contributed by atoms with van der Waals surface area (Å²) in [4.78, 5) is 38.0. The van der Waals surface area contributed by atoms with Crippen LogP contribution < -0.4 is 0 Å². The van der Waals surface area contributed by atoms with Gasteiger partial charge in [0.2, 0.25) is 0 Å². The van der Waals surface area contributed by atoms with E-state index < -0.39 is 6.10 Å². The summed E-state index contributed by atoms with van der Waals surface area (Å²) in [7, 11) is 0. The molecule has 0 heterocycles. The molecular formula is C58H106O6. The SMILES string of the molecule is CCC/C=C\C/C=C\CCCCCCCC(=O)OC(COC(=O)CCCCCCCCCCC/C=C\CCCCCCCCCC)COC(=O)CCCCCCCCCCCCCC.